The van der Waals surface area contributed by atoms with E-state index in [9.17, 15) is 0 Å². The van der Waals surface area contributed by atoms with Crippen molar-refractivity contribution in [1.29, 1.82) is 0 Å². The molecular weight excluding hydrogens is 236 g/mol. The lowest BCUT2D eigenvalue weighted by Gasteiger charge is -2.04. The van der Waals surface area contributed by atoms with E-state index in [1.165, 1.54) is 5.56 Å². The Bertz CT molecular complexity index is 711. The molecule has 3 nitrogen and oxygen atoms in total. The van der Waals surface area contributed by atoms with Gasteiger partial charge in [0.15, 0.2) is 5.58 Å². The first kappa shape index (κ1) is 11.9. The minimum atomic E-state index is 0.0420. The Morgan fingerprint density at radius 1 is 1.11 bits per heavy atom. The SMILES string of the molecule is Cc1ccc2oc(-c3ccc([C@H](C)N)cc3)nc2c1. The molecule has 0 spiro atoms. The minimum absolute atomic E-state index is 0.0420. The quantitative estimate of drug-likeness (QED) is 0.754. The highest BCUT2D eigenvalue weighted by Gasteiger charge is 2.08. The standard InChI is InChI=1S/C16H16N2O/c1-10-3-8-15-14(9-10)18-16(19-15)13-6-4-12(5-7-13)11(2)17/h3-9,11H,17H2,1-2H3/t11-/m0/s1. The number of aryl methyl sites for hydroxylation is 1. The number of nitrogens with zero attached hydrogens (tertiary/aromatic N) is 1. The molecule has 0 unspecified atom stereocenters. The fourth-order valence-electron chi connectivity index (χ4n) is 2.09. The van der Waals surface area contributed by atoms with Crippen LogP contribution in [0.15, 0.2) is 46.9 Å². The molecule has 19 heavy (non-hydrogen) atoms. The van der Waals surface area contributed by atoms with E-state index in [2.05, 4.69) is 4.98 Å². The highest BCUT2D eigenvalue weighted by atomic mass is 16.3. The predicted octanol–water partition coefficient (Wildman–Crippen LogP) is 3.82. The number of benzene rings is 2. The van der Waals surface area contributed by atoms with Crippen molar-refractivity contribution in [3.8, 4) is 11.5 Å². The zero-order valence-corrected chi connectivity index (χ0v) is 11.1. The molecule has 0 bridgehead atoms. The second-order valence-corrected chi connectivity index (χ2v) is 4.90. The summed E-state index contributed by atoms with van der Waals surface area (Å²) < 4.78 is 5.77. The van der Waals surface area contributed by atoms with Crippen molar-refractivity contribution in [3.63, 3.8) is 0 Å². The van der Waals surface area contributed by atoms with Gasteiger partial charge in [0.2, 0.25) is 5.89 Å². The third kappa shape index (κ3) is 2.25. The molecule has 3 aromatic rings. The number of rotatable bonds is 2. The van der Waals surface area contributed by atoms with Crippen molar-refractivity contribution in [2.24, 2.45) is 5.73 Å². The fourth-order valence-corrected chi connectivity index (χ4v) is 2.09. The highest BCUT2D eigenvalue weighted by molar-refractivity contribution is 5.76. The number of fused-ring (bicyclic) bond motifs is 1. The average molecular weight is 252 g/mol. The summed E-state index contributed by atoms with van der Waals surface area (Å²) in [6.45, 7) is 4.02. The molecule has 0 fully saturated rings. The molecule has 0 radical (unpaired) electrons. The van der Waals surface area contributed by atoms with Crippen LogP contribution in [-0.2, 0) is 0 Å². The van der Waals surface area contributed by atoms with Gasteiger partial charge in [-0.05, 0) is 49.2 Å². The summed E-state index contributed by atoms with van der Waals surface area (Å²) in [5.41, 5.74) is 10.8. The largest absolute Gasteiger partial charge is 0.436 e. The van der Waals surface area contributed by atoms with E-state index in [0.29, 0.717) is 5.89 Å². The third-order valence-corrected chi connectivity index (χ3v) is 3.23. The van der Waals surface area contributed by atoms with Crippen LogP contribution in [-0.4, -0.2) is 4.98 Å². The van der Waals surface area contributed by atoms with Crippen molar-refractivity contribution in [2.45, 2.75) is 19.9 Å². The Hall–Kier alpha value is -2.13. The predicted molar refractivity (Wildman–Crippen MR) is 76.8 cm³/mol. The molecule has 0 aliphatic heterocycles. The van der Waals surface area contributed by atoms with Gasteiger partial charge in [0.25, 0.3) is 0 Å². The first-order chi connectivity index (χ1) is 9.13. The van der Waals surface area contributed by atoms with Gasteiger partial charge in [-0.2, -0.15) is 0 Å². The Kier molecular flexibility index (Phi) is 2.84. The van der Waals surface area contributed by atoms with Gasteiger partial charge >= 0.3 is 0 Å². The molecular formula is C16H16N2O. The minimum Gasteiger partial charge on any atom is -0.436 e. The molecule has 3 heteroatoms. The van der Waals surface area contributed by atoms with Crippen molar-refractivity contribution < 1.29 is 4.42 Å². The summed E-state index contributed by atoms with van der Waals surface area (Å²) in [5, 5.41) is 0. The van der Waals surface area contributed by atoms with E-state index in [4.69, 9.17) is 10.2 Å². The second-order valence-electron chi connectivity index (χ2n) is 4.90. The number of nitrogens with two attached hydrogens (primary N) is 1. The molecule has 0 aliphatic carbocycles. The van der Waals surface area contributed by atoms with Crippen LogP contribution in [0.25, 0.3) is 22.6 Å². The van der Waals surface area contributed by atoms with Gasteiger partial charge in [-0.25, -0.2) is 4.98 Å². The molecule has 1 heterocycles. The normalized spacial score (nSPS) is 12.8. The Balaban J connectivity index is 2.03. The van der Waals surface area contributed by atoms with Crippen molar-refractivity contribution in [3.05, 3.63) is 53.6 Å². The summed E-state index contributed by atoms with van der Waals surface area (Å²) in [6.07, 6.45) is 0. The third-order valence-electron chi connectivity index (χ3n) is 3.23. The maximum Gasteiger partial charge on any atom is 0.227 e. The first-order valence-electron chi connectivity index (χ1n) is 6.36. The molecule has 3 rings (SSSR count). The fraction of sp³-hybridized carbons (Fsp3) is 0.188. The molecule has 0 saturated heterocycles. The van der Waals surface area contributed by atoms with Gasteiger partial charge in [0, 0.05) is 11.6 Å². The Morgan fingerprint density at radius 3 is 2.53 bits per heavy atom. The topological polar surface area (TPSA) is 52.0 Å². The highest BCUT2D eigenvalue weighted by Crippen LogP contribution is 2.25. The lowest BCUT2D eigenvalue weighted by molar-refractivity contribution is 0.619. The smallest absolute Gasteiger partial charge is 0.227 e. The summed E-state index contributed by atoms with van der Waals surface area (Å²) in [6, 6.07) is 14.1. The summed E-state index contributed by atoms with van der Waals surface area (Å²) in [4.78, 5) is 4.52. The molecule has 2 aromatic carbocycles. The lowest BCUT2D eigenvalue weighted by atomic mass is 10.1. The van der Waals surface area contributed by atoms with E-state index in [1.54, 1.807) is 0 Å². The van der Waals surface area contributed by atoms with Crippen LogP contribution in [0.3, 0.4) is 0 Å². The van der Waals surface area contributed by atoms with E-state index in [0.717, 1.165) is 22.2 Å². The maximum absolute atomic E-state index is 5.84. The Labute approximate surface area is 112 Å². The Morgan fingerprint density at radius 2 is 1.84 bits per heavy atom. The molecule has 1 atom stereocenters. The molecule has 0 aliphatic rings. The number of aromatic nitrogens is 1. The van der Waals surface area contributed by atoms with Gasteiger partial charge in [-0.3, -0.25) is 0 Å². The van der Waals surface area contributed by atoms with Gasteiger partial charge in [-0.15, -0.1) is 0 Å². The molecule has 0 saturated carbocycles. The van der Waals surface area contributed by atoms with Crippen LogP contribution in [0.5, 0.6) is 0 Å². The molecule has 1 aromatic heterocycles. The van der Waals surface area contributed by atoms with Gasteiger partial charge < -0.3 is 10.2 Å². The molecule has 2 N–H and O–H groups in total. The monoisotopic (exact) mass is 252 g/mol. The summed E-state index contributed by atoms with van der Waals surface area (Å²) in [7, 11) is 0. The van der Waals surface area contributed by atoms with Crippen LogP contribution in [0.2, 0.25) is 0 Å². The average Bonchev–Trinajstić information content (AvgIpc) is 2.81. The van der Waals surface area contributed by atoms with Crippen molar-refractivity contribution in [2.75, 3.05) is 0 Å². The second kappa shape index (κ2) is 4.52. The van der Waals surface area contributed by atoms with Gasteiger partial charge in [0.1, 0.15) is 5.52 Å². The van der Waals surface area contributed by atoms with Crippen LogP contribution in [0, 0.1) is 6.92 Å². The number of hydrogen-bond acceptors (Lipinski definition) is 3. The molecule has 96 valence electrons. The van der Waals surface area contributed by atoms with Crippen LogP contribution >= 0.6 is 0 Å². The van der Waals surface area contributed by atoms with E-state index in [1.807, 2.05) is 56.3 Å². The zero-order valence-electron chi connectivity index (χ0n) is 11.1. The molecule has 0 amide bonds. The van der Waals surface area contributed by atoms with Crippen molar-refractivity contribution in [1.82, 2.24) is 4.98 Å². The van der Waals surface area contributed by atoms with Crippen LogP contribution < -0.4 is 5.73 Å². The number of oxazole rings is 1. The van der Waals surface area contributed by atoms with Gasteiger partial charge in [-0.1, -0.05) is 18.2 Å². The lowest BCUT2D eigenvalue weighted by Crippen LogP contribution is -2.04. The van der Waals surface area contributed by atoms with E-state index in [-0.39, 0.29) is 6.04 Å². The first-order valence-corrected chi connectivity index (χ1v) is 6.36. The van der Waals surface area contributed by atoms with Crippen LogP contribution in [0.4, 0.5) is 0 Å². The van der Waals surface area contributed by atoms with Crippen molar-refractivity contribution >= 4 is 11.1 Å². The van der Waals surface area contributed by atoms with E-state index >= 15 is 0 Å². The van der Waals surface area contributed by atoms with Crippen LogP contribution in [0.1, 0.15) is 24.1 Å². The maximum atomic E-state index is 5.84. The van der Waals surface area contributed by atoms with Gasteiger partial charge in [0.05, 0.1) is 0 Å². The zero-order chi connectivity index (χ0) is 13.4. The summed E-state index contributed by atoms with van der Waals surface area (Å²) in [5.74, 6) is 0.650. The number of hydrogen-bond donors (Lipinski definition) is 1. The van der Waals surface area contributed by atoms with E-state index < -0.39 is 0 Å². The summed E-state index contributed by atoms with van der Waals surface area (Å²) >= 11 is 0.